The number of nitrogens with one attached hydrogen (secondary N) is 1. The summed E-state index contributed by atoms with van der Waals surface area (Å²) >= 11 is 8.00. The number of carbonyl (C=O) groups excluding carboxylic acids is 1. The van der Waals surface area contributed by atoms with Crippen molar-refractivity contribution >= 4 is 29.4 Å². The molecule has 0 unspecified atom stereocenters. The van der Waals surface area contributed by atoms with Crippen molar-refractivity contribution in [1.82, 2.24) is 15.1 Å². The van der Waals surface area contributed by atoms with Gasteiger partial charge in [0.25, 0.3) is 0 Å². The minimum atomic E-state index is -0.0375. The quantitative estimate of drug-likeness (QED) is 0.849. The average molecular weight is 384 g/mol. The first-order chi connectivity index (χ1) is 12.1. The lowest BCUT2D eigenvalue weighted by Crippen LogP contribution is -2.59. The Kier molecular flexibility index (Phi) is 6.49. The van der Waals surface area contributed by atoms with Gasteiger partial charge in [0.15, 0.2) is 0 Å². The van der Waals surface area contributed by atoms with Gasteiger partial charge in [-0.2, -0.15) is 11.8 Å². The van der Waals surface area contributed by atoms with Crippen molar-refractivity contribution in [3.8, 4) is 0 Å². The number of urea groups is 1. The van der Waals surface area contributed by atoms with Crippen molar-refractivity contribution in [2.45, 2.75) is 18.5 Å². The number of nitrogens with zero attached hydrogens (tertiary/aromatic N) is 2. The highest BCUT2D eigenvalue weighted by molar-refractivity contribution is 7.99. The van der Waals surface area contributed by atoms with Gasteiger partial charge in [-0.25, -0.2) is 4.79 Å². The first-order valence-corrected chi connectivity index (χ1v) is 10.3. The summed E-state index contributed by atoms with van der Waals surface area (Å²) in [5, 5.41) is 3.85. The summed E-state index contributed by atoms with van der Waals surface area (Å²) in [6.07, 6.45) is 1.12. The molecule has 2 amide bonds. The molecule has 3 rings (SSSR count). The van der Waals surface area contributed by atoms with Crippen molar-refractivity contribution < 1.29 is 9.53 Å². The Morgan fingerprint density at radius 1 is 1.44 bits per heavy atom. The van der Waals surface area contributed by atoms with Gasteiger partial charge in [-0.3, -0.25) is 4.90 Å². The lowest BCUT2D eigenvalue weighted by molar-refractivity contribution is -0.0127. The molecular weight excluding hydrogens is 358 g/mol. The molecule has 2 aliphatic heterocycles. The first-order valence-electron chi connectivity index (χ1n) is 8.73. The van der Waals surface area contributed by atoms with Crippen LogP contribution in [-0.2, 0) is 11.3 Å². The van der Waals surface area contributed by atoms with Gasteiger partial charge in [0, 0.05) is 49.5 Å². The summed E-state index contributed by atoms with van der Waals surface area (Å²) in [5.41, 5.74) is 1.10. The second kappa shape index (κ2) is 8.62. The Balaban J connectivity index is 1.56. The lowest BCUT2D eigenvalue weighted by Gasteiger charge is -2.43. The molecule has 138 valence electrons. The van der Waals surface area contributed by atoms with Crippen LogP contribution in [0.3, 0.4) is 0 Å². The minimum Gasteiger partial charge on any atom is -0.379 e. The normalized spacial score (nSPS) is 24.2. The van der Waals surface area contributed by atoms with E-state index in [0.717, 1.165) is 49.8 Å². The summed E-state index contributed by atoms with van der Waals surface area (Å²) in [6.45, 7) is 4.72. The SMILES string of the molecule is CN(Cc1cccc(Cl)c1)C(=O)NC[C@]1(N2CCOCC2)CCSC1. The zero-order chi connectivity index (χ0) is 17.7. The molecule has 2 saturated heterocycles. The Morgan fingerprint density at radius 2 is 2.24 bits per heavy atom. The highest BCUT2D eigenvalue weighted by atomic mass is 35.5. The zero-order valence-electron chi connectivity index (χ0n) is 14.7. The maximum absolute atomic E-state index is 12.5. The fourth-order valence-electron chi connectivity index (χ4n) is 3.49. The maximum Gasteiger partial charge on any atom is 0.317 e. The van der Waals surface area contributed by atoms with Gasteiger partial charge >= 0.3 is 6.03 Å². The van der Waals surface area contributed by atoms with Crippen molar-refractivity contribution in [3.05, 3.63) is 34.9 Å². The van der Waals surface area contributed by atoms with Gasteiger partial charge in [0.05, 0.1) is 13.2 Å². The summed E-state index contributed by atoms with van der Waals surface area (Å²) < 4.78 is 5.49. The smallest absolute Gasteiger partial charge is 0.317 e. The monoisotopic (exact) mass is 383 g/mol. The number of hydrogen-bond acceptors (Lipinski definition) is 4. The summed E-state index contributed by atoms with van der Waals surface area (Å²) in [7, 11) is 1.82. The number of benzene rings is 1. The van der Waals surface area contributed by atoms with E-state index in [4.69, 9.17) is 16.3 Å². The Labute approximate surface area is 159 Å². The fraction of sp³-hybridized carbons (Fsp3) is 0.611. The summed E-state index contributed by atoms with van der Waals surface area (Å²) in [5.74, 6) is 2.23. The molecule has 2 aliphatic rings. The van der Waals surface area contributed by atoms with Crippen molar-refractivity contribution in [2.24, 2.45) is 0 Å². The van der Waals surface area contributed by atoms with Gasteiger partial charge in [-0.1, -0.05) is 23.7 Å². The predicted molar refractivity (Wildman–Crippen MR) is 103 cm³/mol. The molecule has 2 heterocycles. The molecule has 5 nitrogen and oxygen atoms in total. The molecule has 2 fully saturated rings. The highest BCUT2D eigenvalue weighted by Crippen LogP contribution is 2.33. The molecule has 25 heavy (non-hydrogen) atoms. The molecule has 1 atom stereocenters. The van der Waals surface area contributed by atoms with Crippen LogP contribution in [0.1, 0.15) is 12.0 Å². The molecule has 0 saturated carbocycles. The van der Waals surface area contributed by atoms with Crippen LogP contribution >= 0.6 is 23.4 Å². The van der Waals surface area contributed by atoms with E-state index in [1.807, 2.05) is 43.1 Å². The van der Waals surface area contributed by atoms with Gasteiger partial charge in [0.1, 0.15) is 0 Å². The van der Waals surface area contributed by atoms with E-state index in [-0.39, 0.29) is 11.6 Å². The van der Waals surface area contributed by atoms with Crippen LogP contribution in [0.25, 0.3) is 0 Å². The van der Waals surface area contributed by atoms with Crippen LogP contribution in [-0.4, -0.2) is 72.8 Å². The van der Waals surface area contributed by atoms with E-state index in [9.17, 15) is 4.79 Å². The number of thioether (sulfide) groups is 1. The van der Waals surface area contributed by atoms with Crippen LogP contribution in [0.15, 0.2) is 24.3 Å². The van der Waals surface area contributed by atoms with Gasteiger partial charge in [0.2, 0.25) is 0 Å². The number of morpholine rings is 1. The molecule has 0 aliphatic carbocycles. The Morgan fingerprint density at radius 3 is 2.92 bits per heavy atom. The number of ether oxygens (including phenoxy) is 1. The average Bonchev–Trinajstić information content (AvgIpc) is 3.10. The van der Waals surface area contributed by atoms with Crippen molar-refractivity contribution in [2.75, 3.05) is 51.4 Å². The second-order valence-electron chi connectivity index (χ2n) is 6.77. The maximum atomic E-state index is 12.5. The number of halogens is 1. The van der Waals surface area contributed by atoms with Crippen LogP contribution in [0.4, 0.5) is 4.79 Å². The molecule has 1 aromatic rings. The Bertz CT molecular complexity index is 589. The summed E-state index contributed by atoms with van der Waals surface area (Å²) in [6, 6.07) is 7.60. The lowest BCUT2D eigenvalue weighted by atomic mass is 9.95. The number of rotatable bonds is 5. The van der Waals surface area contributed by atoms with Gasteiger partial charge in [-0.05, 0) is 29.9 Å². The molecular formula is C18H26ClN3O2S. The van der Waals surface area contributed by atoms with Crippen LogP contribution in [0.5, 0.6) is 0 Å². The molecule has 0 aromatic heterocycles. The minimum absolute atomic E-state index is 0.0375. The van der Waals surface area contributed by atoms with E-state index in [2.05, 4.69) is 10.2 Å². The van der Waals surface area contributed by atoms with Gasteiger partial charge in [-0.15, -0.1) is 0 Å². The van der Waals surface area contributed by atoms with E-state index in [1.165, 1.54) is 0 Å². The molecule has 0 spiro atoms. The number of carbonyl (C=O) groups is 1. The molecule has 7 heteroatoms. The topological polar surface area (TPSA) is 44.8 Å². The third-order valence-electron chi connectivity index (χ3n) is 4.99. The van der Waals surface area contributed by atoms with Crippen molar-refractivity contribution in [1.29, 1.82) is 0 Å². The predicted octanol–water partition coefficient (Wildman–Crippen LogP) is 2.69. The largest absolute Gasteiger partial charge is 0.379 e. The van der Waals surface area contributed by atoms with E-state index < -0.39 is 0 Å². The Hall–Kier alpha value is -0.950. The zero-order valence-corrected chi connectivity index (χ0v) is 16.2. The van der Waals surface area contributed by atoms with Gasteiger partial charge < -0.3 is 15.0 Å². The molecule has 0 bridgehead atoms. The van der Waals surface area contributed by atoms with E-state index in [1.54, 1.807) is 4.90 Å². The molecule has 0 radical (unpaired) electrons. The van der Waals surface area contributed by atoms with E-state index in [0.29, 0.717) is 18.1 Å². The van der Waals surface area contributed by atoms with Crippen LogP contribution in [0, 0.1) is 0 Å². The van der Waals surface area contributed by atoms with Crippen molar-refractivity contribution in [3.63, 3.8) is 0 Å². The fourth-order valence-corrected chi connectivity index (χ4v) is 5.18. The first kappa shape index (κ1) is 18.8. The third kappa shape index (κ3) is 4.82. The second-order valence-corrected chi connectivity index (χ2v) is 8.31. The molecule has 1 aromatic carbocycles. The third-order valence-corrected chi connectivity index (χ3v) is 6.46. The van der Waals surface area contributed by atoms with Crippen LogP contribution in [0.2, 0.25) is 5.02 Å². The van der Waals surface area contributed by atoms with E-state index >= 15 is 0 Å². The number of hydrogen-bond donors (Lipinski definition) is 1. The highest BCUT2D eigenvalue weighted by Gasteiger charge is 2.41. The standard InChI is InChI=1S/C18H26ClN3O2S/c1-21(12-15-3-2-4-16(19)11-15)17(23)20-13-18(5-10-25-14-18)22-6-8-24-9-7-22/h2-4,11H,5-10,12-14H2,1H3,(H,20,23)/t18-/m1/s1. The molecule has 1 N–H and O–H groups in total. The number of amides is 2. The van der Waals surface area contributed by atoms with Crippen LogP contribution < -0.4 is 5.32 Å². The summed E-state index contributed by atoms with van der Waals surface area (Å²) in [4.78, 5) is 16.8.